The predicted octanol–water partition coefficient (Wildman–Crippen LogP) is 2.42. The second-order valence-corrected chi connectivity index (χ2v) is 7.10. The van der Waals surface area contributed by atoms with E-state index in [2.05, 4.69) is 0 Å². The van der Waals surface area contributed by atoms with Crippen molar-refractivity contribution in [3.05, 3.63) is 59.2 Å². The van der Waals surface area contributed by atoms with E-state index in [1.807, 2.05) is 0 Å². The second kappa shape index (κ2) is 6.19. The van der Waals surface area contributed by atoms with Gasteiger partial charge >= 0.3 is 0 Å². The molecule has 2 aromatic carbocycles. The third kappa shape index (κ3) is 2.96. The van der Waals surface area contributed by atoms with Gasteiger partial charge in [0.1, 0.15) is 35.0 Å². The highest BCUT2D eigenvalue weighted by atomic mass is 32.2. The quantitative estimate of drug-likeness (QED) is 0.834. The summed E-state index contributed by atoms with van der Waals surface area (Å²) in [5.74, 6) is -0.790. The van der Waals surface area contributed by atoms with Crippen LogP contribution >= 0.6 is 0 Å². The van der Waals surface area contributed by atoms with Crippen molar-refractivity contribution < 1.29 is 21.9 Å². The molecule has 8 heteroatoms. The molecular weight excluding hydrogens is 338 g/mol. The first-order valence-electron chi connectivity index (χ1n) is 7.03. The van der Waals surface area contributed by atoms with Crippen molar-refractivity contribution in [2.45, 2.75) is 11.4 Å². The molecule has 0 atom stereocenters. The van der Waals surface area contributed by atoms with E-state index in [0.29, 0.717) is 11.3 Å². The molecule has 2 aromatic rings. The maximum absolute atomic E-state index is 13.4. The third-order valence-electron chi connectivity index (χ3n) is 3.65. The lowest BCUT2D eigenvalue weighted by molar-refractivity contribution is 0.293. The van der Waals surface area contributed by atoms with Crippen molar-refractivity contribution in [1.29, 1.82) is 5.26 Å². The topological polar surface area (TPSA) is 70.4 Å². The monoisotopic (exact) mass is 350 g/mol. The van der Waals surface area contributed by atoms with Crippen LogP contribution in [0.25, 0.3) is 0 Å². The van der Waals surface area contributed by atoms with E-state index in [1.165, 1.54) is 18.2 Å². The Labute approximate surface area is 137 Å². The lowest BCUT2D eigenvalue weighted by Crippen LogP contribution is -2.33. The van der Waals surface area contributed by atoms with Crippen LogP contribution in [-0.2, 0) is 16.6 Å². The summed E-state index contributed by atoms with van der Waals surface area (Å²) in [6.07, 6.45) is 0. The third-order valence-corrected chi connectivity index (χ3v) is 5.55. The maximum Gasteiger partial charge on any atom is 0.244 e. The summed E-state index contributed by atoms with van der Waals surface area (Å²) in [6.45, 7) is 0.0134. The van der Waals surface area contributed by atoms with Crippen LogP contribution in [0.1, 0.15) is 11.1 Å². The lowest BCUT2D eigenvalue weighted by Gasteiger charge is -2.20. The van der Waals surface area contributed by atoms with Gasteiger partial charge in [-0.1, -0.05) is 0 Å². The van der Waals surface area contributed by atoms with Crippen LogP contribution in [0.2, 0.25) is 0 Å². The average Bonchev–Trinajstić information content (AvgIpc) is 2.76. The number of sulfonamides is 1. The van der Waals surface area contributed by atoms with E-state index in [9.17, 15) is 17.2 Å². The van der Waals surface area contributed by atoms with Crippen molar-refractivity contribution in [2.24, 2.45) is 0 Å². The molecule has 5 nitrogen and oxygen atoms in total. The van der Waals surface area contributed by atoms with Crippen molar-refractivity contribution in [1.82, 2.24) is 4.31 Å². The molecule has 0 bridgehead atoms. The van der Waals surface area contributed by atoms with Crippen LogP contribution in [0.15, 0.2) is 41.3 Å². The predicted molar refractivity (Wildman–Crippen MR) is 80.6 cm³/mol. The first-order chi connectivity index (χ1) is 11.4. The molecule has 0 saturated heterocycles. The Morgan fingerprint density at radius 3 is 2.58 bits per heavy atom. The molecule has 0 amide bonds. The van der Waals surface area contributed by atoms with Gasteiger partial charge in [-0.25, -0.2) is 17.2 Å². The van der Waals surface area contributed by atoms with Gasteiger partial charge in [0.25, 0.3) is 0 Å². The molecular formula is C16H12F2N2O3S. The van der Waals surface area contributed by atoms with Crippen LogP contribution in [0.5, 0.6) is 5.75 Å². The fourth-order valence-electron chi connectivity index (χ4n) is 2.50. The van der Waals surface area contributed by atoms with E-state index in [4.69, 9.17) is 10.00 Å². The number of fused-ring (bicyclic) bond motifs is 1. The van der Waals surface area contributed by atoms with Gasteiger partial charge in [0.05, 0.1) is 5.56 Å². The lowest BCUT2D eigenvalue weighted by atomic mass is 10.2. The largest absolute Gasteiger partial charge is 0.492 e. The summed E-state index contributed by atoms with van der Waals surface area (Å²) in [5.41, 5.74) is 0.108. The summed E-state index contributed by atoms with van der Waals surface area (Å²) in [4.78, 5) is -0.286. The van der Waals surface area contributed by atoms with E-state index < -0.39 is 21.7 Å². The minimum atomic E-state index is -4.06. The van der Waals surface area contributed by atoms with E-state index >= 15 is 0 Å². The molecule has 0 fully saturated rings. The first kappa shape index (κ1) is 16.4. The first-order valence-corrected chi connectivity index (χ1v) is 8.47. The molecule has 0 aromatic heterocycles. The molecule has 1 aliphatic rings. The molecule has 0 spiro atoms. The molecule has 0 saturated carbocycles. The molecule has 24 heavy (non-hydrogen) atoms. The van der Waals surface area contributed by atoms with Crippen LogP contribution in [0, 0.1) is 23.0 Å². The summed E-state index contributed by atoms with van der Waals surface area (Å²) < 4.78 is 58.9. The van der Waals surface area contributed by atoms with Crippen molar-refractivity contribution in [3.8, 4) is 11.8 Å². The Bertz CT molecular complexity index is 939. The molecule has 0 N–H and O–H groups in total. The Morgan fingerprint density at radius 2 is 1.83 bits per heavy atom. The number of hydrogen-bond donors (Lipinski definition) is 0. The van der Waals surface area contributed by atoms with Gasteiger partial charge in [-0.05, 0) is 36.4 Å². The smallest absolute Gasteiger partial charge is 0.244 e. The SMILES string of the molecule is N#Cc1cc(F)ccc1S(=O)(=O)N1CCOc2ccc(F)cc2C1. The van der Waals surface area contributed by atoms with Gasteiger partial charge in [-0.2, -0.15) is 9.57 Å². The Kier molecular flexibility index (Phi) is 4.22. The number of ether oxygens (including phenoxy) is 1. The normalized spacial score (nSPS) is 15.0. The fraction of sp³-hybridized carbons (Fsp3) is 0.188. The highest BCUT2D eigenvalue weighted by Gasteiger charge is 2.30. The van der Waals surface area contributed by atoms with Crippen molar-refractivity contribution >= 4 is 10.0 Å². The maximum atomic E-state index is 13.4. The highest BCUT2D eigenvalue weighted by Crippen LogP contribution is 2.28. The van der Waals surface area contributed by atoms with Crippen LogP contribution in [-0.4, -0.2) is 25.9 Å². The number of halogens is 2. The minimum Gasteiger partial charge on any atom is -0.492 e. The molecule has 3 rings (SSSR count). The zero-order valence-corrected chi connectivity index (χ0v) is 13.2. The van der Waals surface area contributed by atoms with Crippen molar-refractivity contribution in [3.63, 3.8) is 0 Å². The van der Waals surface area contributed by atoms with Gasteiger partial charge in [0.2, 0.25) is 10.0 Å². The summed E-state index contributed by atoms with van der Waals surface area (Å²) in [6, 6.07) is 8.48. The number of hydrogen-bond acceptors (Lipinski definition) is 4. The Balaban J connectivity index is 2.03. The zero-order valence-electron chi connectivity index (χ0n) is 12.4. The zero-order chi connectivity index (χ0) is 17.3. The number of benzene rings is 2. The molecule has 0 aliphatic carbocycles. The molecule has 0 unspecified atom stereocenters. The van der Waals surface area contributed by atoms with E-state index in [0.717, 1.165) is 22.5 Å². The van der Waals surface area contributed by atoms with Gasteiger partial charge in [0.15, 0.2) is 0 Å². The molecule has 0 radical (unpaired) electrons. The van der Waals surface area contributed by atoms with Crippen LogP contribution in [0.3, 0.4) is 0 Å². The summed E-state index contributed by atoms with van der Waals surface area (Å²) in [5, 5.41) is 9.08. The number of nitriles is 1. The van der Waals surface area contributed by atoms with Gasteiger partial charge in [0, 0.05) is 18.7 Å². The van der Waals surface area contributed by atoms with Gasteiger partial charge < -0.3 is 4.74 Å². The van der Waals surface area contributed by atoms with E-state index in [1.54, 1.807) is 6.07 Å². The van der Waals surface area contributed by atoms with Gasteiger partial charge in [-0.15, -0.1) is 0 Å². The minimum absolute atomic E-state index is 0.0286. The Morgan fingerprint density at radius 1 is 1.12 bits per heavy atom. The van der Waals surface area contributed by atoms with E-state index in [-0.39, 0.29) is 30.2 Å². The fourth-order valence-corrected chi connectivity index (χ4v) is 4.02. The summed E-state index contributed by atoms with van der Waals surface area (Å²) >= 11 is 0. The van der Waals surface area contributed by atoms with Crippen molar-refractivity contribution in [2.75, 3.05) is 13.2 Å². The number of rotatable bonds is 2. The van der Waals surface area contributed by atoms with Gasteiger partial charge in [-0.3, -0.25) is 0 Å². The van der Waals surface area contributed by atoms with Crippen LogP contribution < -0.4 is 4.74 Å². The molecule has 124 valence electrons. The van der Waals surface area contributed by atoms with Crippen LogP contribution in [0.4, 0.5) is 8.78 Å². The summed E-state index contributed by atoms with van der Waals surface area (Å²) in [7, 11) is -4.06. The Hall–Kier alpha value is -2.50. The average molecular weight is 350 g/mol. The number of nitrogens with zero attached hydrogens (tertiary/aromatic N) is 2. The molecule has 1 heterocycles. The molecule has 1 aliphatic heterocycles. The second-order valence-electron chi connectivity index (χ2n) is 5.19. The standard InChI is InChI=1S/C16H12F2N2O3S/c17-13-1-3-15-12(8-13)10-20(5-6-23-15)24(21,22)16-4-2-14(18)7-11(16)9-19/h1-4,7-8H,5-6,10H2. The highest BCUT2D eigenvalue weighted by molar-refractivity contribution is 7.89.